The summed E-state index contributed by atoms with van der Waals surface area (Å²) in [5.41, 5.74) is 7.79. The first kappa shape index (κ1) is 22.7. The van der Waals surface area contributed by atoms with E-state index in [9.17, 15) is 22.4 Å². The maximum absolute atomic E-state index is 14.5. The Morgan fingerprint density at radius 2 is 1.85 bits per heavy atom. The number of nitrogens with zero attached hydrogens (tertiary/aromatic N) is 2. The van der Waals surface area contributed by atoms with Gasteiger partial charge in [-0.05, 0) is 42.0 Å². The highest BCUT2D eigenvalue weighted by molar-refractivity contribution is 5.98. The maximum Gasteiger partial charge on any atom is 0.573 e. The number of hydrogen-bond donors (Lipinski definition) is 1. The van der Waals surface area contributed by atoms with Crippen LogP contribution in [-0.4, -0.2) is 48.5 Å². The van der Waals surface area contributed by atoms with Gasteiger partial charge in [0.1, 0.15) is 11.4 Å². The van der Waals surface area contributed by atoms with Gasteiger partial charge >= 0.3 is 6.36 Å². The molecule has 0 aliphatic carbocycles. The summed E-state index contributed by atoms with van der Waals surface area (Å²) >= 11 is 0. The monoisotopic (exact) mass is 463 g/mol. The summed E-state index contributed by atoms with van der Waals surface area (Å²) in [4.78, 5) is 14.7. The van der Waals surface area contributed by atoms with Crippen LogP contribution in [0.2, 0.25) is 0 Å². The van der Waals surface area contributed by atoms with Crippen molar-refractivity contribution < 1.29 is 31.8 Å². The third kappa shape index (κ3) is 4.51. The van der Waals surface area contributed by atoms with E-state index in [-0.39, 0.29) is 11.7 Å². The van der Waals surface area contributed by atoms with Crippen LogP contribution in [0.5, 0.6) is 11.5 Å². The molecule has 2 aromatic carbocycles. The quantitative estimate of drug-likeness (QED) is 0.554. The number of methoxy groups -OCH3 is 1. The van der Waals surface area contributed by atoms with Gasteiger partial charge in [0, 0.05) is 37.3 Å². The molecule has 3 aromatic rings. The normalized spacial score (nSPS) is 13.8. The van der Waals surface area contributed by atoms with Gasteiger partial charge in [0.2, 0.25) is 0 Å². The third-order valence-electron chi connectivity index (χ3n) is 5.40. The zero-order valence-electron chi connectivity index (χ0n) is 17.7. The number of nitrogens with two attached hydrogens (primary N) is 1. The lowest BCUT2D eigenvalue weighted by Crippen LogP contribution is -2.42. The summed E-state index contributed by atoms with van der Waals surface area (Å²) in [6, 6.07) is 11.4. The van der Waals surface area contributed by atoms with Crippen molar-refractivity contribution >= 4 is 5.91 Å². The first-order valence-corrected chi connectivity index (χ1v) is 10.1. The first-order valence-electron chi connectivity index (χ1n) is 10.1. The lowest BCUT2D eigenvalue weighted by Gasteiger charge is -2.29. The molecule has 6 nitrogen and oxygen atoms in total. The fourth-order valence-corrected chi connectivity index (χ4v) is 4.02. The molecule has 0 saturated carbocycles. The Kier molecular flexibility index (Phi) is 6.03. The minimum Gasteiger partial charge on any atom is -0.494 e. The average molecular weight is 463 g/mol. The van der Waals surface area contributed by atoms with Gasteiger partial charge in [-0.3, -0.25) is 4.79 Å². The van der Waals surface area contributed by atoms with E-state index in [4.69, 9.17) is 10.5 Å². The molecule has 2 N–H and O–H groups in total. The molecular formula is C23H21F4N3O3. The van der Waals surface area contributed by atoms with Crippen LogP contribution in [0.15, 0.2) is 48.5 Å². The third-order valence-corrected chi connectivity index (χ3v) is 5.40. The molecule has 4 rings (SSSR count). The van der Waals surface area contributed by atoms with Crippen molar-refractivity contribution in [2.24, 2.45) is 5.73 Å². The lowest BCUT2D eigenvalue weighted by molar-refractivity contribution is -0.274. The SMILES string of the molecule is COc1ccc(-c2c(-c3cccc(OC(F)(F)F)c3)cc3n2CCN(CCN)C3=O)cc1F. The molecule has 0 atom stereocenters. The second-order valence-corrected chi connectivity index (χ2v) is 7.45. The number of carbonyl (C=O) groups is 1. The number of amides is 1. The van der Waals surface area contributed by atoms with Crippen molar-refractivity contribution in [2.45, 2.75) is 12.9 Å². The fourth-order valence-electron chi connectivity index (χ4n) is 4.02. The van der Waals surface area contributed by atoms with Gasteiger partial charge in [0.15, 0.2) is 11.6 Å². The predicted molar refractivity (Wildman–Crippen MR) is 113 cm³/mol. The van der Waals surface area contributed by atoms with Crippen LogP contribution in [0, 0.1) is 5.82 Å². The van der Waals surface area contributed by atoms with E-state index in [0.717, 1.165) is 0 Å². The molecule has 0 spiro atoms. The molecule has 10 heteroatoms. The van der Waals surface area contributed by atoms with E-state index >= 15 is 0 Å². The van der Waals surface area contributed by atoms with Gasteiger partial charge in [0.25, 0.3) is 5.91 Å². The molecule has 0 unspecified atom stereocenters. The predicted octanol–water partition coefficient (Wildman–Crippen LogP) is 4.28. The summed E-state index contributed by atoms with van der Waals surface area (Å²) in [6.07, 6.45) is -4.85. The Balaban J connectivity index is 1.89. The lowest BCUT2D eigenvalue weighted by atomic mass is 10.0. The van der Waals surface area contributed by atoms with Gasteiger partial charge < -0.3 is 24.7 Å². The number of halogens is 4. The largest absolute Gasteiger partial charge is 0.573 e. The maximum atomic E-state index is 14.5. The molecule has 33 heavy (non-hydrogen) atoms. The molecule has 1 aliphatic rings. The second kappa shape index (κ2) is 8.78. The van der Waals surface area contributed by atoms with Crippen LogP contribution < -0.4 is 15.2 Å². The van der Waals surface area contributed by atoms with Crippen LogP contribution in [0.1, 0.15) is 10.5 Å². The minimum absolute atomic E-state index is 0.0523. The number of ether oxygens (including phenoxy) is 2. The number of aromatic nitrogens is 1. The summed E-state index contributed by atoms with van der Waals surface area (Å²) in [6.45, 7) is 1.50. The molecule has 0 saturated heterocycles. The Bertz CT molecular complexity index is 1190. The van der Waals surface area contributed by atoms with Crippen molar-refractivity contribution in [3.8, 4) is 33.9 Å². The van der Waals surface area contributed by atoms with Gasteiger partial charge in [-0.1, -0.05) is 12.1 Å². The molecular weight excluding hydrogens is 442 g/mol. The van der Waals surface area contributed by atoms with Gasteiger partial charge in [-0.25, -0.2) is 4.39 Å². The summed E-state index contributed by atoms with van der Waals surface area (Å²) < 4.78 is 63.6. The fraction of sp³-hybridized carbons (Fsp3) is 0.261. The van der Waals surface area contributed by atoms with Crippen LogP contribution in [-0.2, 0) is 6.54 Å². The van der Waals surface area contributed by atoms with Crippen LogP contribution >= 0.6 is 0 Å². The molecule has 1 amide bonds. The van der Waals surface area contributed by atoms with Crippen molar-refractivity contribution in [3.63, 3.8) is 0 Å². The van der Waals surface area contributed by atoms with Crippen molar-refractivity contribution in [3.05, 3.63) is 60.0 Å². The molecule has 1 aliphatic heterocycles. The highest BCUT2D eigenvalue weighted by Crippen LogP contribution is 2.39. The second-order valence-electron chi connectivity index (χ2n) is 7.45. The van der Waals surface area contributed by atoms with Crippen molar-refractivity contribution in [1.29, 1.82) is 0 Å². The number of hydrogen-bond acceptors (Lipinski definition) is 4. The number of fused-ring (bicyclic) bond motifs is 1. The average Bonchev–Trinajstić information content (AvgIpc) is 3.15. The zero-order chi connectivity index (χ0) is 23.8. The molecule has 0 bridgehead atoms. The Morgan fingerprint density at radius 1 is 1.06 bits per heavy atom. The first-order chi connectivity index (χ1) is 15.7. The number of benzene rings is 2. The van der Waals surface area contributed by atoms with E-state index in [2.05, 4.69) is 4.74 Å². The highest BCUT2D eigenvalue weighted by Gasteiger charge is 2.32. The molecule has 0 fully saturated rings. The van der Waals surface area contributed by atoms with E-state index in [1.54, 1.807) is 27.7 Å². The van der Waals surface area contributed by atoms with Crippen molar-refractivity contribution in [2.75, 3.05) is 26.7 Å². The van der Waals surface area contributed by atoms with E-state index < -0.39 is 17.9 Å². The van der Waals surface area contributed by atoms with Gasteiger partial charge in [-0.15, -0.1) is 13.2 Å². The summed E-state index contributed by atoms with van der Waals surface area (Å²) in [5, 5.41) is 0. The standard InChI is InChI=1S/C23H21F4N3O3/c1-32-20-6-5-15(12-18(20)24)21-17(14-3-2-4-16(11-14)33-23(25,26)27)13-19-22(31)29(8-7-28)9-10-30(19)21/h2-6,11-13H,7-10,28H2,1H3. The number of rotatable bonds is 6. The smallest absolute Gasteiger partial charge is 0.494 e. The molecule has 174 valence electrons. The van der Waals surface area contributed by atoms with Crippen LogP contribution in [0.4, 0.5) is 17.6 Å². The van der Waals surface area contributed by atoms with E-state index in [0.29, 0.717) is 54.3 Å². The highest BCUT2D eigenvalue weighted by atomic mass is 19.4. The Labute approximate surface area is 187 Å². The molecule has 2 heterocycles. The van der Waals surface area contributed by atoms with Crippen molar-refractivity contribution in [1.82, 2.24) is 9.47 Å². The topological polar surface area (TPSA) is 69.7 Å². The van der Waals surface area contributed by atoms with Gasteiger partial charge in [-0.2, -0.15) is 0 Å². The Morgan fingerprint density at radius 3 is 2.52 bits per heavy atom. The van der Waals surface area contributed by atoms with Crippen LogP contribution in [0.25, 0.3) is 22.4 Å². The molecule has 0 radical (unpaired) electrons. The molecule has 1 aromatic heterocycles. The zero-order valence-corrected chi connectivity index (χ0v) is 17.7. The Hall–Kier alpha value is -3.53. The van der Waals surface area contributed by atoms with E-state index in [1.165, 1.54) is 37.4 Å². The van der Waals surface area contributed by atoms with E-state index in [1.807, 2.05) is 0 Å². The number of alkyl halides is 3. The number of carbonyl (C=O) groups excluding carboxylic acids is 1. The van der Waals surface area contributed by atoms with Crippen LogP contribution in [0.3, 0.4) is 0 Å². The van der Waals surface area contributed by atoms with Gasteiger partial charge in [0.05, 0.1) is 12.8 Å². The minimum atomic E-state index is -4.85. The summed E-state index contributed by atoms with van der Waals surface area (Å²) in [5.74, 6) is -1.20. The summed E-state index contributed by atoms with van der Waals surface area (Å²) in [7, 11) is 1.35.